The van der Waals surface area contributed by atoms with Crippen molar-refractivity contribution in [3.8, 4) is 0 Å². The highest BCUT2D eigenvalue weighted by molar-refractivity contribution is 9.10. The smallest absolute Gasteiger partial charge is 0.275 e. The molecule has 0 fully saturated rings. The first-order valence-electron chi connectivity index (χ1n) is 6.42. The molecule has 1 N–H and O–H groups in total. The zero-order chi connectivity index (χ0) is 15.1. The fourth-order valence-electron chi connectivity index (χ4n) is 2.28. The number of carbonyl (C=O) groups excluding carboxylic acids is 1. The maximum absolute atomic E-state index is 12.2. The molecule has 3 nitrogen and oxygen atoms in total. The number of rotatable bonds is 1. The van der Waals surface area contributed by atoms with E-state index >= 15 is 0 Å². The number of hydrogen-bond donors (Lipinski definition) is 1. The van der Waals surface area contributed by atoms with Crippen molar-refractivity contribution in [3.63, 3.8) is 0 Å². The molecule has 2 aromatic rings. The lowest BCUT2D eigenvalue weighted by molar-refractivity contribution is -0.110. The van der Waals surface area contributed by atoms with Crippen LogP contribution in [0.3, 0.4) is 0 Å². The van der Waals surface area contributed by atoms with Crippen LogP contribution in [0.1, 0.15) is 16.7 Å². The molecular formula is C16H12BrClN2O. The lowest BCUT2D eigenvalue weighted by atomic mass is 10.1. The van der Waals surface area contributed by atoms with E-state index in [1.165, 1.54) is 0 Å². The summed E-state index contributed by atoms with van der Waals surface area (Å²) in [7, 11) is 0. The van der Waals surface area contributed by atoms with E-state index in [0.29, 0.717) is 16.4 Å². The predicted molar refractivity (Wildman–Crippen MR) is 89.9 cm³/mol. The number of benzene rings is 2. The molecule has 0 atom stereocenters. The van der Waals surface area contributed by atoms with Crippen LogP contribution < -0.4 is 5.32 Å². The van der Waals surface area contributed by atoms with Crippen LogP contribution in [0.5, 0.6) is 0 Å². The Balaban J connectivity index is 2.14. The monoisotopic (exact) mass is 362 g/mol. The Morgan fingerprint density at radius 3 is 2.62 bits per heavy atom. The first-order chi connectivity index (χ1) is 9.95. The molecule has 1 aliphatic rings. The van der Waals surface area contributed by atoms with Crippen molar-refractivity contribution in [2.75, 3.05) is 5.32 Å². The number of aliphatic imine (C=N–C) groups is 1. The summed E-state index contributed by atoms with van der Waals surface area (Å²) < 4.78 is 0.921. The van der Waals surface area contributed by atoms with E-state index in [-0.39, 0.29) is 5.91 Å². The average Bonchev–Trinajstić information content (AvgIpc) is 2.72. The van der Waals surface area contributed by atoms with Gasteiger partial charge in [0.25, 0.3) is 5.91 Å². The number of hydrogen-bond acceptors (Lipinski definition) is 2. The van der Waals surface area contributed by atoms with Gasteiger partial charge in [0.05, 0.1) is 11.4 Å². The Labute approximate surface area is 136 Å². The van der Waals surface area contributed by atoms with Gasteiger partial charge in [-0.2, -0.15) is 0 Å². The molecule has 5 heteroatoms. The highest BCUT2D eigenvalue weighted by Crippen LogP contribution is 2.32. The molecule has 0 aromatic heterocycles. The highest BCUT2D eigenvalue weighted by atomic mass is 79.9. The molecular weight excluding hydrogens is 352 g/mol. The predicted octanol–water partition coefficient (Wildman–Crippen LogP) is 4.79. The Morgan fingerprint density at radius 2 is 1.90 bits per heavy atom. The minimum atomic E-state index is -0.192. The summed E-state index contributed by atoms with van der Waals surface area (Å²) in [6, 6.07) is 9.37. The van der Waals surface area contributed by atoms with Gasteiger partial charge in [0.2, 0.25) is 0 Å². The maximum Gasteiger partial charge on any atom is 0.275 e. The molecule has 2 aromatic carbocycles. The molecule has 1 amide bonds. The zero-order valence-electron chi connectivity index (χ0n) is 11.5. The fraction of sp³-hybridized carbons (Fsp3) is 0.125. The van der Waals surface area contributed by atoms with E-state index in [4.69, 9.17) is 11.6 Å². The molecule has 0 aliphatic carbocycles. The molecule has 0 unspecified atom stereocenters. The van der Waals surface area contributed by atoms with Gasteiger partial charge in [-0.3, -0.25) is 4.79 Å². The van der Waals surface area contributed by atoms with Crippen LogP contribution in [0.2, 0.25) is 5.02 Å². The normalized spacial score (nSPS) is 15.2. The molecule has 1 heterocycles. The van der Waals surface area contributed by atoms with Crippen LogP contribution in [0.4, 0.5) is 11.4 Å². The summed E-state index contributed by atoms with van der Waals surface area (Å²) in [5.74, 6) is -0.192. The van der Waals surface area contributed by atoms with E-state index in [1.807, 2.05) is 38.1 Å². The molecule has 0 saturated heterocycles. The standard InChI is InChI=1S/C16H12BrClN2O/c1-8-3-4-11(7-13(8)18)19-15-12-6-10(17)5-9(2)14(12)20-16(15)21/h3-7H,1-2H3,(H,19,20,21). The van der Waals surface area contributed by atoms with Crippen molar-refractivity contribution in [1.29, 1.82) is 0 Å². The van der Waals surface area contributed by atoms with E-state index in [0.717, 1.165) is 26.9 Å². The summed E-state index contributed by atoms with van der Waals surface area (Å²) in [6.07, 6.45) is 0. The van der Waals surface area contributed by atoms with Gasteiger partial charge in [-0.25, -0.2) is 4.99 Å². The SMILES string of the molecule is Cc1ccc(N=C2C(=O)Nc3c(C)cc(Br)cc32)cc1Cl. The maximum atomic E-state index is 12.2. The van der Waals surface area contributed by atoms with Gasteiger partial charge in [0.1, 0.15) is 5.71 Å². The first-order valence-corrected chi connectivity index (χ1v) is 7.59. The number of halogens is 2. The second-order valence-corrected chi connectivity index (χ2v) is 6.32. The molecule has 0 bridgehead atoms. The number of nitrogens with one attached hydrogen (secondary N) is 1. The second kappa shape index (κ2) is 5.28. The van der Waals surface area contributed by atoms with Crippen LogP contribution in [-0.4, -0.2) is 11.6 Å². The minimum absolute atomic E-state index is 0.192. The van der Waals surface area contributed by atoms with Gasteiger partial charge in [-0.15, -0.1) is 0 Å². The number of carbonyl (C=O) groups is 1. The minimum Gasteiger partial charge on any atom is -0.320 e. The van der Waals surface area contributed by atoms with Crippen molar-refractivity contribution in [2.45, 2.75) is 13.8 Å². The number of nitrogens with zero attached hydrogens (tertiary/aromatic N) is 1. The first kappa shape index (κ1) is 14.3. The van der Waals surface area contributed by atoms with Crippen molar-refractivity contribution in [2.24, 2.45) is 4.99 Å². The lowest BCUT2D eigenvalue weighted by Crippen LogP contribution is -2.14. The summed E-state index contributed by atoms with van der Waals surface area (Å²) in [4.78, 5) is 16.6. The zero-order valence-corrected chi connectivity index (χ0v) is 13.8. The van der Waals surface area contributed by atoms with E-state index in [9.17, 15) is 4.79 Å². The topological polar surface area (TPSA) is 41.5 Å². The van der Waals surface area contributed by atoms with Crippen molar-refractivity contribution >= 4 is 50.5 Å². The van der Waals surface area contributed by atoms with Crippen molar-refractivity contribution < 1.29 is 4.79 Å². The number of fused-ring (bicyclic) bond motifs is 1. The van der Waals surface area contributed by atoms with Crippen molar-refractivity contribution in [3.05, 3.63) is 56.5 Å². The van der Waals surface area contributed by atoms with Crippen LogP contribution >= 0.6 is 27.5 Å². The largest absolute Gasteiger partial charge is 0.320 e. The molecule has 0 radical (unpaired) electrons. The van der Waals surface area contributed by atoms with E-state index in [2.05, 4.69) is 26.2 Å². The molecule has 0 saturated carbocycles. The molecule has 1 aliphatic heterocycles. The Bertz CT molecular complexity index is 799. The van der Waals surface area contributed by atoms with Gasteiger partial charge in [0, 0.05) is 15.1 Å². The van der Waals surface area contributed by atoms with Gasteiger partial charge < -0.3 is 5.32 Å². The molecule has 0 spiro atoms. The number of anilines is 1. The highest BCUT2D eigenvalue weighted by Gasteiger charge is 2.27. The van der Waals surface area contributed by atoms with Crippen molar-refractivity contribution in [1.82, 2.24) is 0 Å². The second-order valence-electron chi connectivity index (χ2n) is 4.99. The fourth-order valence-corrected chi connectivity index (χ4v) is 3.03. The number of amides is 1. The molecule has 106 valence electrons. The third kappa shape index (κ3) is 2.61. The van der Waals surface area contributed by atoms with Gasteiger partial charge in [-0.05, 0) is 49.2 Å². The van der Waals surface area contributed by atoms with Gasteiger partial charge in [0.15, 0.2) is 0 Å². The van der Waals surface area contributed by atoms with Gasteiger partial charge >= 0.3 is 0 Å². The van der Waals surface area contributed by atoms with Crippen LogP contribution in [0.15, 0.2) is 39.8 Å². The van der Waals surface area contributed by atoms with Crippen LogP contribution in [0.25, 0.3) is 0 Å². The quantitative estimate of drug-likeness (QED) is 0.777. The van der Waals surface area contributed by atoms with E-state index in [1.54, 1.807) is 6.07 Å². The Hall–Kier alpha value is -1.65. The van der Waals surface area contributed by atoms with Crippen LogP contribution in [0, 0.1) is 13.8 Å². The lowest BCUT2D eigenvalue weighted by Gasteiger charge is -2.04. The summed E-state index contributed by atoms with van der Waals surface area (Å²) >= 11 is 9.56. The average molecular weight is 364 g/mol. The number of aryl methyl sites for hydroxylation is 2. The Morgan fingerprint density at radius 1 is 1.14 bits per heavy atom. The third-order valence-corrected chi connectivity index (χ3v) is 4.27. The summed E-state index contributed by atoms with van der Waals surface area (Å²) in [5.41, 5.74) is 4.69. The summed E-state index contributed by atoms with van der Waals surface area (Å²) in [5, 5.41) is 3.51. The van der Waals surface area contributed by atoms with Gasteiger partial charge in [-0.1, -0.05) is 33.6 Å². The Kier molecular flexibility index (Phi) is 3.59. The van der Waals surface area contributed by atoms with E-state index < -0.39 is 0 Å². The molecule has 3 rings (SSSR count). The third-order valence-electron chi connectivity index (χ3n) is 3.41. The molecule has 21 heavy (non-hydrogen) atoms. The van der Waals surface area contributed by atoms with Crippen LogP contribution in [-0.2, 0) is 4.79 Å². The summed E-state index contributed by atoms with van der Waals surface area (Å²) in [6.45, 7) is 3.88.